The molecule has 5 heteroatoms. The molecule has 0 heterocycles. The van der Waals surface area contributed by atoms with Crippen molar-refractivity contribution in [1.29, 1.82) is 0 Å². The molecular weight excluding hydrogens is 264 g/mol. The predicted octanol–water partition coefficient (Wildman–Crippen LogP) is 3.31. The van der Waals surface area contributed by atoms with E-state index in [1.807, 2.05) is 26.0 Å². The number of nitrogens with zero attached hydrogens (tertiary/aromatic N) is 2. The smallest absolute Gasteiger partial charge is 0.359 e. The molecule has 0 unspecified atom stereocenters. The van der Waals surface area contributed by atoms with Crippen LogP contribution in [0.15, 0.2) is 34.5 Å². The van der Waals surface area contributed by atoms with E-state index in [1.54, 1.807) is 19.1 Å². The zero-order valence-corrected chi connectivity index (χ0v) is 12.1. The second kappa shape index (κ2) is 7.69. The van der Waals surface area contributed by atoms with E-state index in [0.29, 0.717) is 17.2 Å². The third-order valence-corrected chi connectivity index (χ3v) is 2.69. The molecule has 0 bridgehead atoms. The number of esters is 1. The van der Waals surface area contributed by atoms with Crippen LogP contribution in [0.4, 0.5) is 0 Å². The molecule has 0 radical (unpaired) electrons. The van der Waals surface area contributed by atoms with Crippen LogP contribution >= 0.6 is 11.6 Å². The summed E-state index contributed by atoms with van der Waals surface area (Å²) < 4.78 is 4.97. The van der Waals surface area contributed by atoms with Crippen molar-refractivity contribution in [3.8, 4) is 0 Å². The Morgan fingerprint density at radius 3 is 2.37 bits per heavy atom. The zero-order chi connectivity index (χ0) is 14.3. The maximum atomic E-state index is 11.9. The molecule has 0 amide bonds. The minimum Gasteiger partial charge on any atom is -0.461 e. The Morgan fingerprint density at radius 2 is 1.84 bits per heavy atom. The van der Waals surface area contributed by atoms with Crippen LogP contribution in [-0.4, -0.2) is 23.5 Å². The lowest BCUT2D eigenvalue weighted by Gasteiger charge is -2.05. The minimum absolute atomic E-state index is 0.161. The summed E-state index contributed by atoms with van der Waals surface area (Å²) in [7, 11) is 0. The van der Waals surface area contributed by atoms with Crippen LogP contribution in [0.25, 0.3) is 0 Å². The van der Waals surface area contributed by atoms with Gasteiger partial charge in [0.05, 0.1) is 6.61 Å². The van der Waals surface area contributed by atoms with Crippen molar-refractivity contribution in [3.05, 3.63) is 35.4 Å². The summed E-state index contributed by atoms with van der Waals surface area (Å²) in [6.07, 6.45) is 0.565. The summed E-state index contributed by atoms with van der Waals surface area (Å²) >= 11 is 5.79. The minimum atomic E-state index is -0.504. The van der Waals surface area contributed by atoms with Gasteiger partial charge in [-0.05, 0) is 20.3 Å². The Kier molecular flexibility index (Phi) is 6.22. The number of ether oxygens (including phenoxy) is 1. The first-order valence-corrected chi connectivity index (χ1v) is 6.50. The van der Waals surface area contributed by atoms with Crippen molar-refractivity contribution >= 4 is 28.5 Å². The van der Waals surface area contributed by atoms with Crippen LogP contribution < -0.4 is 0 Å². The maximum Gasteiger partial charge on any atom is 0.359 e. The molecule has 0 fully saturated rings. The topological polar surface area (TPSA) is 51.0 Å². The number of hydrogen-bond acceptors (Lipinski definition) is 4. The van der Waals surface area contributed by atoms with Crippen LogP contribution in [-0.2, 0) is 9.53 Å². The van der Waals surface area contributed by atoms with Crippen LogP contribution in [0.5, 0.6) is 0 Å². The van der Waals surface area contributed by atoms with Gasteiger partial charge in [-0.3, -0.25) is 0 Å². The Morgan fingerprint density at radius 1 is 1.21 bits per heavy atom. The molecule has 0 atom stereocenters. The van der Waals surface area contributed by atoms with Gasteiger partial charge in [0.15, 0.2) is 5.71 Å². The number of carbonyl (C=O) groups excluding carboxylic acids is 1. The second-order valence-electron chi connectivity index (χ2n) is 3.86. The highest BCUT2D eigenvalue weighted by Gasteiger charge is 2.15. The molecule has 0 saturated heterocycles. The third kappa shape index (κ3) is 4.83. The van der Waals surface area contributed by atoms with E-state index in [1.165, 1.54) is 0 Å². The van der Waals surface area contributed by atoms with Crippen molar-refractivity contribution in [1.82, 2.24) is 0 Å². The van der Waals surface area contributed by atoms with E-state index in [4.69, 9.17) is 16.3 Å². The van der Waals surface area contributed by atoms with Crippen LogP contribution in [0.2, 0.25) is 0 Å². The average molecular weight is 281 g/mol. The number of halogens is 1. The molecule has 19 heavy (non-hydrogen) atoms. The Bertz CT molecular complexity index is 493. The fourth-order valence-corrected chi connectivity index (χ4v) is 1.34. The summed E-state index contributed by atoms with van der Waals surface area (Å²) in [5.74, 6) is -0.504. The van der Waals surface area contributed by atoms with Gasteiger partial charge in [0, 0.05) is 5.56 Å². The molecule has 0 aliphatic heterocycles. The molecule has 0 aromatic heterocycles. The highest BCUT2D eigenvalue weighted by Crippen LogP contribution is 2.07. The highest BCUT2D eigenvalue weighted by molar-refractivity contribution is 6.65. The van der Waals surface area contributed by atoms with Crippen LogP contribution in [0.1, 0.15) is 31.4 Å². The van der Waals surface area contributed by atoms with Gasteiger partial charge in [0.25, 0.3) is 0 Å². The largest absolute Gasteiger partial charge is 0.461 e. The number of benzene rings is 1. The molecular formula is C14H17ClN2O2. The monoisotopic (exact) mass is 280 g/mol. The fraction of sp³-hybridized carbons (Fsp3) is 0.357. The van der Waals surface area contributed by atoms with E-state index in [0.717, 1.165) is 5.56 Å². The predicted molar refractivity (Wildman–Crippen MR) is 77.9 cm³/mol. The summed E-state index contributed by atoms with van der Waals surface area (Å²) in [6.45, 7) is 5.86. The number of hydrogen-bond donors (Lipinski definition) is 0. The van der Waals surface area contributed by atoms with Gasteiger partial charge in [0.1, 0.15) is 5.17 Å². The molecule has 102 valence electrons. The van der Waals surface area contributed by atoms with Crippen molar-refractivity contribution in [2.24, 2.45) is 10.2 Å². The van der Waals surface area contributed by atoms with Gasteiger partial charge in [-0.25, -0.2) is 4.79 Å². The Balaban J connectivity index is 3.12. The second-order valence-corrected chi connectivity index (χ2v) is 4.30. The lowest BCUT2D eigenvalue weighted by molar-refractivity contribution is -0.134. The molecule has 0 saturated carbocycles. The van der Waals surface area contributed by atoms with E-state index in [-0.39, 0.29) is 12.3 Å². The number of carbonyl (C=O) groups is 1. The van der Waals surface area contributed by atoms with Gasteiger partial charge < -0.3 is 4.74 Å². The summed E-state index contributed by atoms with van der Waals surface area (Å²) in [4.78, 5) is 11.9. The van der Waals surface area contributed by atoms with E-state index in [9.17, 15) is 4.79 Å². The van der Waals surface area contributed by atoms with Gasteiger partial charge in [-0.2, -0.15) is 0 Å². The Labute approximate surface area is 118 Å². The number of aryl methyl sites for hydroxylation is 1. The maximum absolute atomic E-state index is 11.9. The average Bonchev–Trinajstić information content (AvgIpc) is 2.41. The molecule has 1 aromatic carbocycles. The highest BCUT2D eigenvalue weighted by atomic mass is 35.5. The van der Waals surface area contributed by atoms with Gasteiger partial charge in [-0.1, -0.05) is 48.4 Å². The van der Waals surface area contributed by atoms with Gasteiger partial charge in [0.2, 0.25) is 0 Å². The summed E-state index contributed by atoms with van der Waals surface area (Å²) in [6, 6.07) is 7.41. The molecule has 0 aliphatic carbocycles. The van der Waals surface area contributed by atoms with Crippen molar-refractivity contribution in [3.63, 3.8) is 0 Å². The third-order valence-electron chi connectivity index (χ3n) is 2.34. The molecule has 0 aliphatic rings. The molecule has 1 rings (SSSR count). The standard InChI is InChI=1S/C14H17ClN2O2/c1-4-12(15)16-17-13(14(18)19-5-2)11-8-6-10(3)7-9-11/h6-9H,4-5H2,1-3H3. The summed E-state index contributed by atoms with van der Waals surface area (Å²) in [5.41, 5.74) is 1.92. The molecule has 0 spiro atoms. The summed E-state index contributed by atoms with van der Waals surface area (Å²) in [5, 5.41) is 8.07. The van der Waals surface area contributed by atoms with Crippen LogP contribution in [0.3, 0.4) is 0 Å². The quantitative estimate of drug-likeness (QED) is 0.472. The fourth-order valence-electron chi connectivity index (χ4n) is 1.30. The number of rotatable bonds is 5. The first-order chi connectivity index (χ1) is 9.08. The molecule has 1 aromatic rings. The first-order valence-electron chi connectivity index (χ1n) is 6.12. The van der Waals surface area contributed by atoms with Crippen molar-refractivity contribution < 1.29 is 9.53 Å². The SMILES string of the molecule is CCOC(=O)C(=NN=C(Cl)CC)c1ccc(C)cc1. The normalized spacial score (nSPS) is 12.4. The van der Waals surface area contributed by atoms with E-state index < -0.39 is 5.97 Å². The molecule has 4 nitrogen and oxygen atoms in total. The zero-order valence-electron chi connectivity index (χ0n) is 11.3. The lowest BCUT2D eigenvalue weighted by Crippen LogP contribution is -2.18. The Hall–Kier alpha value is -1.68. The van der Waals surface area contributed by atoms with E-state index in [2.05, 4.69) is 10.2 Å². The van der Waals surface area contributed by atoms with E-state index >= 15 is 0 Å². The first kappa shape index (κ1) is 15.4. The van der Waals surface area contributed by atoms with Gasteiger partial charge in [-0.15, -0.1) is 10.2 Å². The molecule has 0 N–H and O–H groups in total. The lowest BCUT2D eigenvalue weighted by atomic mass is 10.1. The van der Waals surface area contributed by atoms with Crippen molar-refractivity contribution in [2.75, 3.05) is 6.61 Å². The van der Waals surface area contributed by atoms with Gasteiger partial charge >= 0.3 is 5.97 Å². The van der Waals surface area contributed by atoms with Crippen LogP contribution in [0, 0.1) is 6.92 Å². The van der Waals surface area contributed by atoms with Crippen molar-refractivity contribution in [2.45, 2.75) is 27.2 Å².